The van der Waals surface area contributed by atoms with E-state index in [4.69, 9.17) is 5.73 Å². The minimum absolute atomic E-state index is 0. The standard InChI is InChI=1S/C22H45N3.BrH/c1-4-5-6-7-8-9-10-11-12-13-14-15-16-17-21(20-23)22-24(2)18-19-25(22)3;/h4-20,23H2,1-3H3;1H. The summed E-state index contributed by atoms with van der Waals surface area (Å²) in [5.74, 6) is 1.39. The molecule has 0 bridgehead atoms. The number of nitrogens with zero attached hydrogens (tertiary/aromatic N) is 2. The van der Waals surface area contributed by atoms with E-state index >= 15 is 0 Å². The summed E-state index contributed by atoms with van der Waals surface area (Å²) >= 11 is 0. The molecule has 0 aliphatic carbocycles. The molecule has 0 unspecified atom stereocenters. The van der Waals surface area contributed by atoms with Crippen LogP contribution < -0.4 is 5.73 Å². The maximum atomic E-state index is 6.01. The summed E-state index contributed by atoms with van der Waals surface area (Å²) in [5.41, 5.74) is 7.46. The Bertz CT molecular complexity index is 345. The van der Waals surface area contributed by atoms with Crippen LogP contribution in [0.1, 0.15) is 96.8 Å². The molecular weight excluding hydrogens is 386 g/mol. The molecule has 1 rings (SSSR count). The van der Waals surface area contributed by atoms with E-state index in [1.54, 1.807) is 0 Å². The zero-order valence-electron chi connectivity index (χ0n) is 17.9. The largest absolute Gasteiger partial charge is 0.360 e. The maximum Gasteiger partial charge on any atom is 0.104 e. The molecule has 0 aromatic carbocycles. The lowest BCUT2D eigenvalue weighted by atomic mass is 10.0. The molecule has 0 saturated carbocycles. The van der Waals surface area contributed by atoms with Crippen molar-refractivity contribution in [2.45, 2.75) is 96.8 Å². The average Bonchev–Trinajstić information content (AvgIpc) is 2.94. The molecule has 1 aliphatic heterocycles. The van der Waals surface area contributed by atoms with Crippen molar-refractivity contribution in [3.63, 3.8) is 0 Å². The van der Waals surface area contributed by atoms with Crippen molar-refractivity contribution in [2.75, 3.05) is 33.7 Å². The topological polar surface area (TPSA) is 32.5 Å². The molecule has 2 N–H and O–H groups in total. The fraction of sp³-hybridized carbons (Fsp3) is 0.909. The SMILES string of the molecule is Br.CCCCCCCCCCCCCCCC(CN)=C1N(C)CCN1C. The van der Waals surface area contributed by atoms with Crippen molar-refractivity contribution >= 4 is 17.0 Å². The predicted molar refractivity (Wildman–Crippen MR) is 122 cm³/mol. The van der Waals surface area contributed by atoms with Crippen molar-refractivity contribution in [2.24, 2.45) is 5.73 Å². The number of hydrogen-bond acceptors (Lipinski definition) is 3. The van der Waals surface area contributed by atoms with Crippen LogP contribution in [-0.4, -0.2) is 43.5 Å². The van der Waals surface area contributed by atoms with Gasteiger partial charge in [0, 0.05) is 33.7 Å². The van der Waals surface area contributed by atoms with E-state index in [-0.39, 0.29) is 17.0 Å². The van der Waals surface area contributed by atoms with E-state index in [0.29, 0.717) is 6.54 Å². The molecule has 156 valence electrons. The number of rotatable bonds is 15. The molecule has 0 atom stereocenters. The van der Waals surface area contributed by atoms with Crippen LogP contribution in [0, 0.1) is 0 Å². The minimum Gasteiger partial charge on any atom is -0.360 e. The summed E-state index contributed by atoms with van der Waals surface area (Å²) in [6.07, 6.45) is 19.6. The molecular formula is C22H46BrN3. The second-order valence-electron chi connectivity index (χ2n) is 7.97. The Morgan fingerprint density at radius 3 is 1.50 bits per heavy atom. The van der Waals surface area contributed by atoms with Crippen molar-refractivity contribution in [3.05, 3.63) is 11.4 Å². The van der Waals surface area contributed by atoms with Crippen LogP contribution in [0.25, 0.3) is 0 Å². The zero-order valence-corrected chi connectivity index (χ0v) is 19.6. The van der Waals surface area contributed by atoms with Crippen LogP contribution in [0.3, 0.4) is 0 Å². The fourth-order valence-electron chi connectivity index (χ4n) is 4.00. The van der Waals surface area contributed by atoms with Gasteiger partial charge in [-0.05, 0) is 18.4 Å². The monoisotopic (exact) mass is 431 g/mol. The highest BCUT2D eigenvalue weighted by atomic mass is 79.9. The number of halogens is 1. The second-order valence-corrected chi connectivity index (χ2v) is 7.97. The molecule has 1 saturated heterocycles. The Hall–Kier alpha value is -0.220. The van der Waals surface area contributed by atoms with Crippen molar-refractivity contribution < 1.29 is 0 Å². The molecule has 0 aromatic rings. The van der Waals surface area contributed by atoms with Crippen molar-refractivity contribution in [3.8, 4) is 0 Å². The molecule has 3 nitrogen and oxygen atoms in total. The lowest BCUT2D eigenvalue weighted by Crippen LogP contribution is -2.22. The molecule has 1 fully saturated rings. The van der Waals surface area contributed by atoms with E-state index in [1.807, 2.05) is 0 Å². The van der Waals surface area contributed by atoms with Crippen LogP contribution in [0.4, 0.5) is 0 Å². The first-order chi connectivity index (χ1) is 12.2. The normalized spacial score (nSPS) is 14.1. The van der Waals surface area contributed by atoms with Gasteiger partial charge in [-0.1, -0.05) is 84.0 Å². The highest BCUT2D eigenvalue weighted by molar-refractivity contribution is 8.93. The summed E-state index contributed by atoms with van der Waals surface area (Å²) in [4.78, 5) is 4.73. The molecule has 0 spiro atoms. The third kappa shape index (κ3) is 10.8. The van der Waals surface area contributed by atoms with Gasteiger partial charge in [-0.2, -0.15) is 0 Å². The van der Waals surface area contributed by atoms with Crippen LogP contribution in [0.15, 0.2) is 11.4 Å². The fourth-order valence-corrected chi connectivity index (χ4v) is 4.00. The number of likely N-dealkylation sites (N-methyl/N-ethyl adjacent to an activating group) is 2. The van der Waals surface area contributed by atoms with Crippen LogP contribution >= 0.6 is 17.0 Å². The zero-order chi connectivity index (χ0) is 18.3. The molecule has 0 amide bonds. The van der Waals surface area contributed by atoms with E-state index in [2.05, 4.69) is 30.8 Å². The van der Waals surface area contributed by atoms with Gasteiger partial charge >= 0.3 is 0 Å². The third-order valence-corrected chi connectivity index (χ3v) is 5.64. The van der Waals surface area contributed by atoms with E-state index < -0.39 is 0 Å². The van der Waals surface area contributed by atoms with Gasteiger partial charge < -0.3 is 15.5 Å². The van der Waals surface area contributed by atoms with Gasteiger partial charge in [0.05, 0.1) is 0 Å². The molecule has 1 aliphatic rings. The highest BCUT2D eigenvalue weighted by Crippen LogP contribution is 2.22. The Morgan fingerprint density at radius 2 is 1.12 bits per heavy atom. The Kier molecular flexibility index (Phi) is 16.8. The van der Waals surface area contributed by atoms with E-state index in [0.717, 1.165) is 13.1 Å². The first-order valence-corrected chi connectivity index (χ1v) is 11.0. The number of hydrogen-bond donors (Lipinski definition) is 1. The van der Waals surface area contributed by atoms with Gasteiger partial charge in [-0.25, -0.2) is 0 Å². The smallest absolute Gasteiger partial charge is 0.104 e. The van der Waals surface area contributed by atoms with Crippen LogP contribution in [0.2, 0.25) is 0 Å². The van der Waals surface area contributed by atoms with Crippen molar-refractivity contribution in [1.82, 2.24) is 9.80 Å². The summed E-state index contributed by atoms with van der Waals surface area (Å²) in [5, 5.41) is 0. The Morgan fingerprint density at radius 1 is 0.731 bits per heavy atom. The third-order valence-electron chi connectivity index (χ3n) is 5.64. The van der Waals surface area contributed by atoms with E-state index in [9.17, 15) is 0 Å². The number of unbranched alkanes of at least 4 members (excludes halogenated alkanes) is 12. The molecule has 26 heavy (non-hydrogen) atoms. The lowest BCUT2D eigenvalue weighted by Gasteiger charge is -2.22. The summed E-state index contributed by atoms with van der Waals surface area (Å²) in [7, 11) is 4.39. The van der Waals surface area contributed by atoms with E-state index in [1.165, 1.54) is 101 Å². The second kappa shape index (κ2) is 16.9. The summed E-state index contributed by atoms with van der Waals surface area (Å²) in [6.45, 7) is 5.27. The quantitative estimate of drug-likeness (QED) is 0.318. The van der Waals surface area contributed by atoms with Gasteiger partial charge in [-0.15, -0.1) is 17.0 Å². The summed E-state index contributed by atoms with van der Waals surface area (Å²) in [6, 6.07) is 0. The molecule has 4 heteroatoms. The van der Waals surface area contributed by atoms with Gasteiger partial charge in [0.25, 0.3) is 0 Å². The average molecular weight is 433 g/mol. The Labute approximate surface area is 174 Å². The molecule has 0 aromatic heterocycles. The number of nitrogens with two attached hydrogens (primary N) is 1. The molecule has 1 heterocycles. The highest BCUT2D eigenvalue weighted by Gasteiger charge is 2.21. The minimum atomic E-state index is 0. The van der Waals surface area contributed by atoms with Crippen LogP contribution in [-0.2, 0) is 0 Å². The maximum absolute atomic E-state index is 6.01. The lowest BCUT2D eigenvalue weighted by molar-refractivity contribution is 0.408. The first kappa shape index (κ1) is 25.8. The van der Waals surface area contributed by atoms with Gasteiger partial charge in [-0.3, -0.25) is 0 Å². The first-order valence-electron chi connectivity index (χ1n) is 11.0. The van der Waals surface area contributed by atoms with Crippen molar-refractivity contribution in [1.29, 1.82) is 0 Å². The van der Waals surface area contributed by atoms with Crippen LogP contribution in [0.5, 0.6) is 0 Å². The van der Waals surface area contributed by atoms with Gasteiger partial charge in [0.15, 0.2) is 0 Å². The predicted octanol–water partition coefficient (Wildman–Crippen LogP) is 6.09. The Balaban J connectivity index is 0.00000625. The molecule has 0 radical (unpaired) electrons. The summed E-state index contributed by atoms with van der Waals surface area (Å²) < 4.78 is 0. The van der Waals surface area contributed by atoms with Gasteiger partial charge in [0.2, 0.25) is 0 Å². The van der Waals surface area contributed by atoms with Gasteiger partial charge in [0.1, 0.15) is 5.82 Å².